The van der Waals surface area contributed by atoms with Gasteiger partial charge in [-0.25, -0.2) is 14.4 Å². The zero-order valence-corrected chi connectivity index (χ0v) is 17.4. The van der Waals surface area contributed by atoms with Crippen molar-refractivity contribution in [1.29, 1.82) is 0 Å². The maximum Gasteiger partial charge on any atom is 0.155 e. The fraction of sp³-hybridized carbons (Fsp3) is 0.0833. The third kappa shape index (κ3) is 2.73. The fourth-order valence-electron chi connectivity index (χ4n) is 4.07. The van der Waals surface area contributed by atoms with Crippen LogP contribution in [0.2, 0.25) is 0 Å². The van der Waals surface area contributed by atoms with E-state index in [0.29, 0.717) is 16.9 Å². The number of nitrogens with one attached hydrogen (secondary N) is 2. The SMILES string of the molecule is Cc1ncc(-c2cnc3[nH]nc(-c4cc5c(-c6ccccc6F)nccc5[nH]4)c3c2)n1C. The predicted octanol–water partition coefficient (Wildman–Crippen LogP) is 5.02. The van der Waals surface area contributed by atoms with Gasteiger partial charge in [-0.3, -0.25) is 10.1 Å². The molecular formula is C24H18FN7. The molecule has 0 fully saturated rings. The van der Waals surface area contributed by atoms with E-state index in [0.717, 1.165) is 44.8 Å². The number of aromatic nitrogens is 7. The van der Waals surface area contributed by atoms with Gasteiger partial charge in [-0.05, 0) is 37.3 Å². The Hall–Kier alpha value is -4.33. The molecule has 8 heteroatoms. The first-order valence-electron chi connectivity index (χ1n) is 10.2. The molecule has 0 aliphatic heterocycles. The van der Waals surface area contributed by atoms with Crippen molar-refractivity contribution >= 4 is 21.9 Å². The van der Waals surface area contributed by atoms with Gasteiger partial charge < -0.3 is 9.55 Å². The fourth-order valence-corrected chi connectivity index (χ4v) is 4.07. The Labute approximate surface area is 182 Å². The number of fused-ring (bicyclic) bond motifs is 2. The number of halogens is 1. The summed E-state index contributed by atoms with van der Waals surface area (Å²) in [6.07, 6.45) is 5.33. The summed E-state index contributed by atoms with van der Waals surface area (Å²) in [7, 11) is 1.98. The van der Waals surface area contributed by atoms with Crippen LogP contribution in [0.1, 0.15) is 5.82 Å². The molecule has 2 N–H and O–H groups in total. The minimum atomic E-state index is -0.305. The molecule has 0 aliphatic carbocycles. The Kier molecular flexibility index (Phi) is 3.94. The summed E-state index contributed by atoms with van der Waals surface area (Å²) < 4.78 is 16.5. The van der Waals surface area contributed by atoms with Gasteiger partial charge in [0.05, 0.1) is 23.3 Å². The van der Waals surface area contributed by atoms with Crippen LogP contribution in [0.15, 0.2) is 61.1 Å². The third-order valence-corrected chi connectivity index (χ3v) is 5.86. The van der Waals surface area contributed by atoms with Crippen LogP contribution in [0.5, 0.6) is 0 Å². The molecule has 7 nitrogen and oxygen atoms in total. The molecule has 0 saturated heterocycles. The molecule has 0 aliphatic rings. The van der Waals surface area contributed by atoms with Crippen LogP contribution in [0.4, 0.5) is 4.39 Å². The van der Waals surface area contributed by atoms with Gasteiger partial charge in [0.15, 0.2) is 5.65 Å². The second kappa shape index (κ2) is 6.84. The summed E-state index contributed by atoms with van der Waals surface area (Å²) >= 11 is 0. The molecule has 0 atom stereocenters. The first-order chi connectivity index (χ1) is 15.6. The zero-order chi connectivity index (χ0) is 21.8. The smallest absolute Gasteiger partial charge is 0.155 e. The number of aryl methyl sites for hydroxylation is 1. The maximum absolute atomic E-state index is 14.4. The topological polar surface area (TPSA) is 88.1 Å². The van der Waals surface area contributed by atoms with Gasteiger partial charge in [0.1, 0.15) is 17.3 Å². The van der Waals surface area contributed by atoms with E-state index in [1.54, 1.807) is 24.4 Å². The average Bonchev–Trinajstić information content (AvgIpc) is 3.50. The van der Waals surface area contributed by atoms with Crippen molar-refractivity contribution in [3.8, 4) is 33.9 Å². The molecule has 5 aromatic heterocycles. The summed E-state index contributed by atoms with van der Waals surface area (Å²) in [5, 5.41) is 9.22. The van der Waals surface area contributed by atoms with Crippen molar-refractivity contribution in [2.75, 3.05) is 0 Å². The number of benzene rings is 1. The molecule has 6 rings (SSSR count). The van der Waals surface area contributed by atoms with Crippen molar-refractivity contribution < 1.29 is 4.39 Å². The number of aromatic amines is 2. The Balaban J connectivity index is 1.53. The van der Waals surface area contributed by atoms with Gasteiger partial charge in [0.25, 0.3) is 0 Å². The third-order valence-electron chi connectivity index (χ3n) is 5.86. The van der Waals surface area contributed by atoms with E-state index in [2.05, 4.69) is 36.2 Å². The second-order valence-electron chi connectivity index (χ2n) is 7.73. The van der Waals surface area contributed by atoms with E-state index >= 15 is 0 Å². The molecule has 6 aromatic rings. The minimum absolute atomic E-state index is 0.305. The van der Waals surface area contributed by atoms with Gasteiger partial charge in [-0.15, -0.1) is 0 Å². The van der Waals surface area contributed by atoms with Crippen LogP contribution in [0.3, 0.4) is 0 Å². The monoisotopic (exact) mass is 423 g/mol. The van der Waals surface area contributed by atoms with E-state index in [-0.39, 0.29) is 5.82 Å². The van der Waals surface area contributed by atoms with Crippen LogP contribution in [0.25, 0.3) is 55.8 Å². The van der Waals surface area contributed by atoms with Crippen LogP contribution in [-0.2, 0) is 7.05 Å². The van der Waals surface area contributed by atoms with Crippen molar-refractivity contribution in [1.82, 2.24) is 34.7 Å². The molecule has 0 unspecified atom stereocenters. The number of imidazole rings is 1. The molecule has 0 amide bonds. The van der Waals surface area contributed by atoms with E-state index in [4.69, 9.17) is 0 Å². The average molecular weight is 423 g/mol. The normalized spacial score (nSPS) is 11.6. The van der Waals surface area contributed by atoms with Gasteiger partial charge in [0, 0.05) is 46.9 Å². The van der Waals surface area contributed by atoms with Crippen molar-refractivity contribution in [2.45, 2.75) is 6.92 Å². The first kappa shape index (κ1) is 18.4. The number of hydrogen-bond donors (Lipinski definition) is 2. The highest BCUT2D eigenvalue weighted by Gasteiger charge is 2.17. The standard InChI is InChI=1S/C24H18FN7/c1-13-27-12-21(32(13)2)14-9-17-23(30-31-24(17)28-11-14)20-10-16-19(29-20)7-8-26-22(16)15-5-3-4-6-18(15)25/h3-12,29H,1-2H3,(H,28,30,31). The largest absolute Gasteiger partial charge is 0.353 e. The van der Waals surface area contributed by atoms with Crippen molar-refractivity contribution in [2.24, 2.45) is 7.05 Å². The van der Waals surface area contributed by atoms with Gasteiger partial charge >= 0.3 is 0 Å². The van der Waals surface area contributed by atoms with Crippen LogP contribution < -0.4 is 0 Å². The van der Waals surface area contributed by atoms with Crippen LogP contribution >= 0.6 is 0 Å². The molecule has 5 heterocycles. The van der Waals surface area contributed by atoms with Crippen LogP contribution in [-0.4, -0.2) is 34.7 Å². The Morgan fingerprint density at radius 3 is 2.62 bits per heavy atom. The summed E-state index contributed by atoms with van der Waals surface area (Å²) in [6.45, 7) is 1.96. The lowest BCUT2D eigenvalue weighted by Gasteiger charge is -2.04. The molecule has 0 spiro atoms. The lowest BCUT2D eigenvalue weighted by atomic mass is 10.1. The molecule has 32 heavy (non-hydrogen) atoms. The highest BCUT2D eigenvalue weighted by molar-refractivity contribution is 5.99. The molecule has 1 aromatic carbocycles. The van der Waals surface area contributed by atoms with E-state index in [9.17, 15) is 4.39 Å². The molecule has 0 radical (unpaired) electrons. The van der Waals surface area contributed by atoms with E-state index in [1.165, 1.54) is 6.07 Å². The lowest BCUT2D eigenvalue weighted by Crippen LogP contribution is -1.94. The number of rotatable bonds is 3. The van der Waals surface area contributed by atoms with Crippen molar-refractivity contribution in [3.05, 3.63) is 72.7 Å². The molecule has 0 saturated carbocycles. The summed E-state index contributed by atoms with van der Waals surface area (Å²) in [5.41, 5.74) is 6.07. The second-order valence-corrected chi connectivity index (χ2v) is 7.73. The molecule has 0 bridgehead atoms. The predicted molar refractivity (Wildman–Crippen MR) is 121 cm³/mol. The lowest BCUT2D eigenvalue weighted by molar-refractivity contribution is 0.631. The number of nitrogens with zero attached hydrogens (tertiary/aromatic N) is 5. The highest BCUT2D eigenvalue weighted by Crippen LogP contribution is 2.34. The Bertz CT molecular complexity index is 1620. The molecular weight excluding hydrogens is 405 g/mol. The number of pyridine rings is 2. The Morgan fingerprint density at radius 2 is 1.81 bits per heavy atom. The van der Waals surface area contributed by atoms with Crippen molar-refractivity contribution in [3.63, 3.8) is 0 Å². The van der Waals surface area contributed by atoms with E-state index in [1.807, 2.05) is 43.1 Å². The van der Waals surface area contributed by atoms with Gasteiger partial charge in [-0.1, -0.05) is 12.1 Å². The number of H-pyrrole nitrogens is 2. The number of hydrogen-bond acceptors (Lipinski definition) is 4. The first-order valence-corrected chi connectivity index (χ1v) is 10.2. The zero-order valence-electron chi connectivity index (χ0n) is 17.4. The minimum Gasteiger partial charge on any atom is -0.353 e. The molecule has 156 valence electrons. The van der Waals surface area contributed by atoms with E-state index < -0.39 is 0 Å². The quantitative estimate of drug-likeness (QED) is 0.419. The summed E-state index contributed by atoms with van der Waals surface area (Å²) in [5.74, 6) is 0.622. The van der Waals surface area contributed by atoms with Crippen LogP contribution in [0, 0.1) is 12.7 Å². The van der Waals surface area contributed by atoms with Gasteiger partial charge in [0.2, 0.25) is 0 Å². The Morgan fingerprint density at radius 1 is 0.938 bits per heavy atom. The summed E-state index contributed by atoms with van der Waals surface area (Å²) in [6, 6.07) is 12.5. The summed E-state index contributed by atoms with van der Waals surface area (Å²) in [4.78, 5) is 16.8. The van der Waals surface area contributed by atoms with Gasteiger partial charge in [-0.2, -0.15) is 5.10 Å². The highest BCUT2D eigenvalue weighted by atomic mass is 19.1. The maximum atomic E-state index is 14.4.